The molecular weight excluding hydrogens is 236 g/mol. The topological polar surface area (TPSA) is 34.9 Å². The minimum atomic E-state index is 0.0882. The quantitative estimate of drug-likeness (QED) is 0.668. The Morgan fingerprint density at radius 1 is 1.16 bits per heavy atom. The zero-order chi connectivity index (χ0) is 13.2. The van der Waals surface area contributed by atoms with E-state index in [9.17, 15) is 4.79 Å². The largest absolute Gasteiger partial charge is 0.348 e. The van der Waals surface area contributed by atoms with Crippen molar-refractivity contribution in [2.75, 3.05) is 0 Å². The number of rotatable bonds is 3. The van der Waals surface area contributed by atoms with Crippen LogP contribution in [0.2, 0.25) is 0 Å². The van der Waals surface area contributed by atoms with E-state index in [1.165, 1.54) is 0 Å². The third kappa shape index (κ3) is 2.40. The first-order chi connectivity index (χ1) is 9.22. The molecule has 94 valence electrons. The van der Waals surface area contributed by atoms with Crippen LogP contribution in [0.3, 0.4) is 0 Å². The molecule has 0 unspecified atom stereocenters. The molecule has 0 N–H and O–H groups in total. The van der Waals surface area contributed by atoms with Crippen LogP contribution >= 0.6 is 0 Å². The van der Waals surface area contributed by atoms with Gasteiger partial charge in [-0.25, -0.2) is 0 Å². The zero-order valence-electron chi connectivity index (χ0n) is 10.7. The number of carbonyl (C=O) groups excluding carboxylic acids is 1. The predicted octanol–water partition coefficient (Wildman–Crippen LogP) is 3.29. The molecule has 0 saturated carbocycles. The first kappa shape index (κ1) is 11.7. The van der Waals surface area contributed by atoms with Crippen LogP contribution in [-0.4, -0.2) is 15.3 Å². The highest BCUT2D eigenvalue weighted by atomic mass is 16.1. The number of hydrogen-bond acceptors (Lipinski definition) is 2. The normalized spacial score (nSPS) is 10.8. The van der Waals surface area contributed by atoms with E-state index < -0.39 is 0 Å². The van der Waals surface area contributed by atoms with Crippen molar-refractivity contribution in [1.29, 1.82) is 0 Å². The van der Waals surface area contributed by atoms with Crippen LogP contribution in [0.15, 0.2) is 54.9 Å². The first-order valence-corrected chi connectivity index (χ1v) is 6.24. The second-order valence-electron chi connectivity index (χ2n) is 4.62. The Hall–Kier alpha value is -2.42. The molecule has 0 aliphatic carbocycles. The summed E-state index contributed by atoms with van der Waals surface area (Å²) in [4.78, 5) is 15.9. The maximum Gasteiger partial charge on any atom is 0.161 e. The summed E-state index contributed by atoms with van der Waals surface area (Å²) in [5.74, 6) is 0.0882. The first-order valence-electron chi connectivity index (χ1n) is 6.24. The number of carbonyl (C=O) groups is 1. The summed E-state index contributed by atoms with van der Waals surface area (Å²) >= 11 is 0. The van der Waals surface area contributed by atoms with Crippen LogP contribution in [0, 0.1) is 0 Å². The number of benzene rings is 1. The second-order valence-corrected chi connectivity index (χ2v) is 4.62. The number of fused-ring (bicyclic) bond motifs is 1. The predicted molar refractivity (Wildman–Crippen MR) is 75.3 cm³/mol. The Kier molecular flexibility index (Phi) is 2.88. The fourth-order valence-corrected chi connectivity index (χ4v) is 2.13. The molecule has 0 radical (unpaired) electrons. The molecule has 3 heteroatoms. The fourth-order valence-electron chi connectivity index (χ4n) is 2.13. The van der Waals surface area contributed by atoms with Gasteiger partial charge in [0.1, 0.15) is 0 Å². The van der Waals surface area contributed by atoms with E-state index in [0.29, 0.717) is 6.54 Å². The number of para-hydroxylation sites is 1. The van der Waals surface area contributed by atoms with Gasteiger partial charge in [-0.2, -0.15) is 0 Å². The Morgan fingerprint density at radius 3 is 2.79 bits per heavy atom. The molecule has 1 aromatic carbocycles. The summed E-state index contributed by atoms with van der Waals surface area (Å²) < 4.78 is 1.98. The Morgan fingerprint density at radius 2 is 2.00 bits per heavy atom. The zero-order valence-corrected chi connectivity index (χ0v) is 10.7. The lowest BCUT2D eigenvalue weighted by molar-refractivity contribution is 0.101. The summed E-state index contributed by atoms with van der Waals surface area (Å²) in [6, 6.07) is 14.0. The number of ketones is 1. The monoisotopic (exact) mass is 250 g/mol. The van der Waals surface area contributed by atoms with Crippen LogP contribution in [0.1, 0.15) is 23.0 Å². The fraction of sp³-hybridized carbons (Fsp3) is 0.125. The maximum absolute atomic E-state index is 11.3. The molecule has 0 aliphatic rings. The molecule has 3 nitrogen and oxygen atoms in total. The van der Waals surface area contributed by atoms with Gasteiger partial charge < -0.3 is 4.57 Å². The van der Waals surface area contributed by atoms with Crippen molar-refractivity contribution < 1.29 is 4.79 Å². The molecule has 2 aromatic heterocycles. The minimum Gasteiger partial charge on any atom is -0.348 e. The molecule has 0 fully saturated rings. The number of nitrogens with zero attached hydrogens (tertiary/aromatic N) is 2. The standard InChI is InChI=1S/C16H14N2O/c1-12(19)14-8-9-18(10-14)11-15-7-6-13-4-2-3-5-16(13)17-15/h2-10H,11H2,1H3. The molecule has 2 heterocycles. The van der Waals surface area contributed by atoms with E-state index in [1.807, 2.05) is 47.3 Å². The average molecular weight is 250 g/mol. The average Bonchev–Trinajstić information content (AvgIpc) is 2.87. The van der Waals surface area contributed by atoms with Crippen molar-refractivity contribution in [2.24, 2.45) is 0 Å². The molecule has 19 heavy (non-hydrogen) atoms. The van der Waals surface area contributed by atoms with E-state index in [-0.39, 0.29) is 5.78 Å². The maximum atomic E-state index is 11.3. The summed E-state index contributed by atoms with van der Waals surface area (Å²) in [6.07, 6.45) is 3.77. The van der Waals surface area contributed by atoms with Crippen molar-refractivity contribution in [3.63, 3.8) is 0 Å². The third-order valence-electron chi connectivity index (χ3n) is 3.16. The summed E-state index contributed by atoms with van der Waals surface area (Å²) in [5.41, 5.74) is 2.73. The van der Waals surface area contributed by atoms with E-state index in [0.717, 1.165) is 22.2 Å². The lowest BCUT2D eigenvalue weighted by Crippen LogP contribution is -1.99. The number of Topliss-reactive ketones (excluding diaryl/α,β-unsaturated/α-hetero) is 1. The van der Waals surface area contributed by atoms with E-state index in [4.69, 9.17) is 0 Å². The van der Waals surface area contributed by atoms with Crippen molar-refractivity contribution >= 4 is 16.7 Å². The van der Waals surface area contributed by atoms with E-state index in [2.05, 4.69) is 17.1 Å². The van der Waals surface area contributed by atoms with Crippen molar-refractivity contribution in [3.8, 4) is 0 Å². The van der Waals surface area contributed by atoms with Crippen LogP contribution in [0.5, 0.6) is 0 Å². The van der Waals surface area contributed by atoms with Gasteiger partial charge in [0.15, 0.2) is 5.78 Å². The van der Waals surface area contributed by atoms with Crippen LogP contribution in [-0.2, 0) is 6.54 Å². The molecule has 3 rings (SSSR count). The Labute approximate surface area is 111 Å². The van der Waals surface area contributed by atoms with E-state index in [1.54, 1.807) is 6.92 Å². The molecule has 0 aliphatic heterocycles. The van der Waals surface area contributed by atoms with Gasteiger partial charge >= 0.3 is 0 Å². The second kappa shape index (κ2) is 4.69. The van der Waals surface area contributed by atoms with Crippen LogP contribution in [0.4, 0.5) is 0 Å². The summed E-state index contributed by atoms with van der Waals surface area (Å²) in [5, 5.41) is 1.14. The Bertz CT molecular complexity index is 743. The number of pyridine rings is 1. The third-order valence-corrected chi connectivity index (χ3v) is 3.16. The smallest absolute Gasteiger partial charge is 0.161 e. The Balaban J connectivity index is 1.89. The lowest BCUT2D eigenvalue weighted by atomic mass is 10.2. The van der Waals surface area contributed by atoms with Gasteiger partial charge in [0.2, 0.25) is 0 Å². The molecule has 0 bridgehead atoms. The lowest BCUT2D eigenvalue weighted by Gasteiger charge is -2.04. The van der Waals surface area contributed by atoms with Gasteiger partial charge in [-0.3, -0.25) is 9.78 Å². The molecule has 0 amide bonds. The van der Waals surface area contributed by atoms with Crippen molar-refractivity contribution in [3.05, 3.63) is 66.1 Å². The molecule has 3 aromatic rings. The van der Waals surface area contributed by atoms with E-state index >= 15 is 0 Å². The van der Waals surface area contributed by atoms with Gasteiger partial charge in [-0.1, -0.05) is 24.3 Å². The van der Waals surface area contributed by atoms with Gasteiger partial charge in [-0.05, 0) is 25.1 Å². The van der Waals surface area contributed by atoms with Gasteiger partial charge in [0.05, 0.1) is 17.8 Å². The van der Waals surface area contributed by atoms with Crippen LogP contribution < -0.4 is 0 Å². The highest BCUT2D eigenvalue weighted by molar-refractivity contribution is 5.93. The molecule has 0 spiro atoms. The highest BCUT2D eigenvalue weighted by Gasteiger charge is 2.03. The van der Waals surface area contributed by atoms with Gasteiger partial charge in [0.25, 0.3) is 0 Å². The molecule has 0 atom stereocenters. The van der Waals surface area contributed by atoms with Crippen molar-refractivity contribution in [1.82, 2.24) is 9.55 Å². The molecule has 0 saturated heterocycles. The SMILES string of the molecule is CC(=O)c1ccn(Cc2ccc3ccccc3n2)c1. The summed E-state index contributed by atoms with van der Waals surface area (Å²) in [6.45, 7) is 2.26. The van der Waals surface area contributed by atoms with Crippen LogP contribution in [0.25, 0.3) is 10.9 Å². The summed E-state index contributed by atoms with van der Waals surface area (Å²) in [7, 11) is 0. The van der Waals surface area contributed by atoms with Crippen molar-refractivity contribution in [2.45, 2.75) is 13.5 Å². The number of aromatic nitrogens is 2. The van der Waals surface area contributed by atoms with Gasteiger partial charge in [0, 0.05) is 23.3 Å². The highest BCUT2D eigenvalue weighted by Crippen LogP contribution is 2.13. The number of hydrogen-bond donors (Lipinski definition) is 0. The molecular formula is C16H14N2O. The minimum absolute atomic E-state index is 0.0882. The van der Waals surface area contributed by atoms with Gasteiger partial charge in [-0.15, -0.1) is 0 Å².